The van der Waals surface area contributed by atoms with Crippen LogP contribution in [0, 0.1) is 11.3 Å². The molecule has 2 saturated heterocycles. The van der Waals surface area contributed by atoms with Crippen molar-refractivity contribution in [2.45, 2.75) is 45.6 Å². The van der Waals surface area contributed by atoms with Gasteiger partial charge in [0.25, 0.3) is 0 Å². The summed E-state index contributed by atoms with van der Waals surface area (Å²) < 4.78 is 5.16. The van der Waals surface area contributed by atoms with Gasteiger partial charge in [0.1, 0.15) is 5.75 Å². The molecule has 0 aliphatic carbocycles. The van der Waals surface area contributed by atoms with Crippen LogP contribution in [0.25, 0.3) is 0 Å². The lowest BCUT2D eigenvalue weighted by Gasteiger charge is -2.39. The van der Waals surface area contributed by atoms with Crippen LogP contribution in [-0.4, -0.2) is 60.9 Å². The second kappa shape index (κ2) is 8.52. The van der Waals surface area contributed by atoms with E-state index in [1.165, 1.54) is 0 Å². The molecule has 0 saturated carbocycles. The van der Waals surface area contributed by atoms with Crippen molar-refractivity contribution in [2.24, 2.45) is 17.1 Å². The molecule has 2 amide bonds. The highest BCUT2D eigenvalue weighted by Gasteiger charge is 2.45. The third-order valence-corrected chi connectivity index (χ3v) is 6.06. The molecule has 2 aliphatic heterocycles. The number of amides is 2. The minimum atomic E-state index is -0.537. The van der Waals surface area contributed by atoms with Gasteiger partial charge in [-0.05, 0) is 42.9 Å². The molecule has 0 aromatic heterocycles. The van der Waals surface area contributed by atoms with Gasteiger partial charge in [-0.3, -0.25) is 9.59 Å². The Balaban J connectivity index is 1.52. The SMILES string of the molecule is COc1ccc(C[C@H](N)C(=O)N2CCC3(CC2)CC(=O)N(CC(C)C)C3)cc1. The molecule has 6 heteroatoms. The Morgan fingerprint density at radius 2 is 1.86 bits per heavy atom. The molecular formula is C22H33N3O3. The maximum atomic E-state index is 12.8. The third kappa shape index (κ3) is 4.66. The van der Waals surface area contributed by atoms with Crippen molar-refractivity contribution in [2.75, 3.05) is 33.3 Å². The number of likely N-dealkylation sites (tertiary alicyclic amines) is 2. The van der Waals surface area contributed by atoms with Gasteiger partial charge >= 0.3 is 0 Å². The maximum absolute atomic E-state index is 12.8. The van der Waals surface area contributed by atoms with E-state index < -0.39 is 6.04 Å². The summed E-state index contributed by atoms with van der Waals surface area (Å²) in [4.78, 5) is 29.1. The van der Waals surface area contributed by atoms with Gasteiger partial charge in [0.15, 0.2) is 0 Å². The van der Waals surface area contributed by atoms with Crippen LogP contribution in [0.5, 0.6) is 5.75 Å². The number of ether oxygens (including phenoxy) is 1. The molecule has 2 N–H and O–H groups in total. The molecule has 1 aromatic carbocycles. The zero-order valence-corrected chi connectivity index (χ0v) is 17.3. The number of hydrogen-bond acceptors (Lipinski definition) is 4. The first kappa shape index (κ1) is 20.6. The number of piperidine rings is 1. The number of carbonyl (C=O) groups excluding carboxylic acids is 2. The molecule has 2 heterocycles. The van der Waals surface area contributed by atoms with Crippen LogP contribution in [-0.2, 0) is 16.0 Å². The first-order valence-corrected chi connectivity index (χ1v) is 10.3. The van der Waals surface area contributed by atoms with Gasteiger partial charge in [-0.1, -0.05) is 26.0 Å². The molecule has 2 fully saturated rings. The molecule has 154 valence electrons. The summed E-state index contributed by atoms with van der Waals surface area (Å²) in [5.41, 5.74) is 7.28. The zero-order valence-electron chi connectivity index (χ0n) is 17.3. The fourth-order valence-corrected chi connectivity index (χ4v) is 4.46. The second-order valence-corrected chi connectivity index (χ2v) is 8.83. The van der Waals surface area contributed by atoms with Crippen LogP contribution in [0.2, 0.25) is 0 Å². The zero-order chi connectivity index (χ0) is 20.3. The van der Waals surface area contributed by atoms with Gasteiger partial charge in [0.2, 0.25) is 11.8 Å². The highest BCUT2D eigenvalue weighted by atomic mass is 16.5. The molecule has 6 nitrogen and oxygen atoms in total. The molecule has 3 rings (SSSR count). The quantitative estimate of drug-likeness (QED) is 0.811. The van der Waals surface area contributed by atoms with E-state index in [4.69, 9.17) is 10.5 Å². The summed E-state index contributed by atoms with van der Waals surface area (Å²) >= 11 is 0. The van der Waals surface area contributed by atoms with E-state index in [1.807, 2.05) is 34.1 Å². The predicted octanol–water partition coefficient (Wildman–Crippen LogP) is 2.06. The lowest BCUT2D eigenvalue weighted by Crippen LogP contribution is -2.50. The first-order chi connectivity index (χ1) is 13.3. The molecule has 0 unspecified atom stereocenters. The molecular weight excluding hydrogens is 354 g/mol. The number of methoxy groups -OCH3 is 1. The van der Waals surface area contributed by atoms with E-state index >= 15 is 0 Å². The van der Waals surface area contributed by atoms with E-state index in [-0.39, 0.29) is 17.2 Å². The molecule has 1 atom stereocenters. The van der Waals surface area contributed by atoms with Gasteiger partial charge in [0.05, 0.1) is 13.2 Å². The predicted molar refractivity (Wildman–Crippen MR) is 109 cm³/mol. The smallest absolute Gasteiger partial charge is 0.239 e. The average Bonchev–Trinajstić information content (AvgIpc) is 2.96. The Morgan fingerprint density at radius 1 is 1.21 bits per heavy atom. The minimum Gasteiger partial charge on any atom is -0.497 e. The molecule has 1 spiro atoms. The van der Waals surface area contributed by atoms with Gasteiger partial charge < -0.3 is 20.3 Å². The Hall–Kier alpha value is -2.08. The van der Waals surface area contributed by atoms with Crippen molar-refractivity contribution < 1.29 is 14.3 Å². The van der Waals surface area contributed by atoms with Gasteiger partial charge in [0, 0.05) is 38.0 Å². The van der Waals surface area contributed by atoms with E-state index in [1.54, 1.807) is 7.11 Å². The Morgan fingerprint density at radius 3 is 2.43 bits per heavy atom. The fourth-order valence-electron chi connectivity index (χ4n) is 4.46. The normalized spacial score (nSPS) is 20.1. The highest BCUT2D eigenvalue weighted by Crippen LogP contribution is 2.41. The van der Waals surface area contributed by atoms with Crippen LogP contribution < -0.4 is 10.5 Å². The van der Waals surface area contributed by atoms with E-state index in [0.717, 1.165) is 37.2 Å². The lowest BCUT2D eigenvalue weighted by atomic mass is 9.77. The van der Waals surface area contributed by atoms with Crippen LogP contribution in [0.1, 0.15) is 38.7 Å². The van der Waals surface area contributed by atoms with E-state index in [9.17, 15) is 9.59 Å². The molecule has 28 heavy (non-hydrogen) atoms. The lowest BCUT2D eigenvalue weighted by molar-refractivity contribution is -0.134. The molecule has 1 aromatic rings. The fraction of sp³-hybridized carbons (Fsp3) is 0.636. The van der Waals surface area contributed by atoms with Gasteiger partial charge in [-0.25, -0.2) is 0 Å². The van der Waals surface area contributed by atoms with Crippen molar-refractivity contribution in [1.82, 2.24) is 9.80 Å². The van der Waals surface area contributed by atoms with E-state index in [2.05, 4.69) is 13.8 Å². The number of rotatable bonds is 6. The highest BCUT2D eigenvalue weighted by molar-refractivity contribution is 5.82. The summed E-state index contributed by atoms with van der Waals surface area (Å²) in [7, 11) is 1.63. The maximum Gasteiger partial charge on any atom is 0.239 e. The average molecular weight is 388 g/mol. The summed E-state index contributed by atoms with van der Waals surface area (Å²) in [5.74, 6) is 1.55. The van der Waals surface area contributed by atoms with Crippen molar-refractivity contribution in [3.63, 3.8) is 0 Å². The monoisotopic (exact) mass is 387 g/mol. The van der Waals surface area contributed by atoms with Gasteiger partial charge in [-0.15, -0.1) is 0 Å². The number of hydrogen-bond donors (Lipinski definition) is 1. The summed E-state index contributed by atoms with van der Waals surface area (Å²) in [6.07, 6.45) is 2.91. The van der Waals surface area contributed by atoms with Crippen LogP contribution >= 0.6 is 0 Å². The van der Waals surface area contributed by atoms with Crippen LogP contribution in [0.3, 0.4) is 0 Å². The van der Waals surface area contributed by atoms with Crippen LogP contribution in [0.4, 0.5) is 0 Å². The van der Waals surface area contributed by atoms with Gasteiger partial charge in [-0.2, -0.15) is 0 Å². The van der Waals surface area contributed by atoms with Crippen LogP contribution in [0.15, 0.2) is 24.3 Å². The first-order valence-electron chi connectivity index (χ1n) is 10.3. The number of nitrogens with two attached hydrogens (primary N) is 1. The number of nitrogens with zero attached hydrogens (tertiary/aromatic N) is 2. The second-order valence-electron chi connectivity index (χ2n) is 8.83. The topological polar surface area (TPSA) is 75.9 Å². The summed E-state index contributed by atoms with van der Waals surface area (Å²) in [6.45, 7) is 7.34. The standard InChI is InChI=1S/C22H33N3O3/c1-16(2)14-25-15-22(13-20(25)26)8-10-24(11-9-22)21(27)19(23)12-17-4-6-18(28-3)7-5-17/h4-7,16,19H,8-15,23H2,1-3H3/t19-/m0/s1. The molecule has 0 radical (unpaired) electrons. The largest absolute Gasteiger partial charge is 0.497 e. The minimum absolute atomic E-state index is 0.00836. The summed E-state index contributed by atoms with van der Waals surface area (Å²) in [5, 5.41) is 0. The molecule has 2 aliphatic rings. The Labute approximate surface area is 168 Å². The molecule has 0 bridgehead atoms. The Kier molecular flexibility index (Phi) is 6.28. The number of benzene rings is 1. The third-order valence-electron chi connectivity index (χ3n) is 6.06. The van der Waals surface area contributed by atoms with Crippen molar-refractivity contribution in [3.05, 3.63) is 29.8 Å². The van der Waals surface area contributed by atoms with Crippen molar-refractivity contribution >= 4 is 11.8 Å². The Bertz CT molecular complexity index is 693. The van der Waals surface area contributed by atoms with Crippen molar-refractivity contribution in [1.29, 1.82) is 0 Å². The number of carbonyl (C=O) groups is 2. The van der Waals surface area contributed by atoms with Crippen molar-refractivity contribution in [3.8, 4) is 5.75 Å². The van der Waals surface area contributed by atoms with E-state index in [0.29, 0.717) is 31.8 Å². The summed E-state index contributed by atoms with van der Waals surface area (Å²) in [6, 6.07) is 7.13.